The average Bonchev–Trinajstić information content (AvgIpc) is 2.81. The predicted octanol–water partition coefficient (Wildman–Crippen LogP) is 3.83. The fourth-order valence-corrected chi connectivity index (χ4v) is 3.31. The predicted molar refractivity (Wildman–Crippen MR) is 81.9 cm³/mol. The van der Waals surface area contributed by atoms with E-state index in [0.717, 1.165) is 11.4 Å². The Balaban J connectivity index is 2.21. The van der Waals surface area contributed by atoms with Gasteiger partial charge in [-0.1, -0.05) is 32.1 Å². The van der Waals surface area contributed by atoms with Gasteiger partial charge in [-0.15, -0.1) is 0 Å². The van der Waals surface area contributed by atoms with E-state index in [1.54, 1.807) is 13.3 Å². The van der Waals surface area contributed by atoms with Gasteiger partial charge in [0.15, 0.2) is 5.75 Å². The summed E-state index contributed by atoms with van der Waals surface area (Å²) in [5.41, 5.74) is 7.69. The van der Waals surface area contributed by atoms with Crippen molar-refractivity contribution in [2.75, 3.05) is 7.11 Å². The van der Waals surface area contributed by atoms with Crippen LogP contribution in [0.2, 0.25) is 0 Å². The fraction of sp³-hybridized carbons (Fsp3) is 0.812. The van der Waals surface area contributed by atoms with Gasteiger partial charge >= 0.3 is 0 Å². The van der Waals surface area contributed by atoms with Crippen molar-refractivity contribution >= 4 is 0 Å². The number of nitrogens with zero attached hydrogens (tertiary/aromatic N) is 2. The Hall–Kier alpha value is -1.03. The Morgan fingerprint density at radius 3 is 2.35 bits per heavy atom. The molecule has 1 aromatic heterocycles. The van der Waals surface area contributed by atoms with Gasteiger partial charge in [0.2, 0.25) is 0 Å². The molecule has 20 heavy (non-hydrogen) atoms. The molecule has 2 N–H and O–H groups in total. The molecule has 114 valence electrons. The number of methoxy groups -OCH3 is 1. The minimum Gasteiger partial charge on any atom is -0.493 e. The molecule has 1 atom stereocenters. The quantitative estimate of drug-likeness (QED) is 0.911. The summed E-state index contributed by atoms with van der Waals surface area (Å²) in [5.74, 6) is 1.40. The van der Waals surface area contributed by atoms with Gasteiger partial charge in [-0.05, 0) is 32.6 Å². The molecular weight excluding hydrogens is 250 g/mol. The van der Waals surface area contributed by atoms with Gasteiger partial charge < -0.3 is 10.5 Å². The molecule has 4 heteroatoms. The lowest BCUT2D eigenvalue weighted by Crippen LogP contribution is -2.26. The SMILES string of the molecule is COc1cnn(C(C)C)c1C(N)C1CCCCCCC1. The lowest BCUT2D eigenvalue weighted by Gasteiger charge is -2.27. The van der Waals surface area contributed by atoms with Crippen LogP contribution in [0.25, 0.3) is 0 Å². The van der Waals surface area contributed by atoms with E-state index in [0.29, 0.717) is 12.0 Å². The summed E-state index contributed by atoms with van der Waals surface area (Å²) in [6, 6.07) is 0.349. The molecular formula is C16H29N3O. The minimum atomic E-state index is 0.0351. The van der Waals surface area contributed by atoms with Crippen LogP contribution < -0.4 is 10.5 Å². The summed E-state index contributed by atoms with van der Waals surface area (Å²) >= 11 is 0. The van der Waals surface area contributed by atoms with Crippen molar-refractivity contribution in [3.63, 3.8) is 0 Å². The van der Waals surface area contributed by atoms with E-state index < -0.39 is 0 Å². The first-order valence-electron chi connectivity index (χ1n) is 8.02. The number of ether oxygens (including phenoxy) is 1. The average molecular weight is 279 g/mol. The maximum absolute atomic E-state index is 6.61. The molecule has 1 unspecified atom stereocenters. The smallest absolute Gasteiger partial charge is 0.161 e. The number of aromatic nitrogens is 2. The maximum atomic E-state index is 6.61. The van der Waals surface area contributed by atoms with Gasteiger partial charge in [0.25, 0.3) is 0 Å². The third-order valence-electron chi connectivity index (χ3n) is 4.48. The van der Waals surface area contributed by atoms with E-state index in [2.05, 4.69) is 18.9 Å². The van der Waals surface area contributed by atoms with Crippen molar-refractivity contribution in [1.29, 1.82) is 0 Å². The monoisotopic (exact) mass is 279 g/mol. The molecule has 1 aliphatic rings. The Morgan fingerprint density at radius 1 is 1.20 bits per heavy atom. The van der Waals surface area contributed by atoms with Crippen LogP contribution in [0.15, 0.2) is 6.20 Å². The highest BCUT2D eigenvalue weighted by molar-refractivity contribution is 5.29. The van der Waals surface area contributed by atoms with Crippen LogP contribution in [0.3, 0.4) is 0 Å². The normalized spacial score (nSPS) is 19.6. The fourth-order valence-electron chi connectivity index (χ4n) is 3.31. The molecule has 4 nitrogen and oxygen atoms in total. The van der Waals surface area contributed by atoms with Crippen molar-refractivity contribution in [3.8, 4) is 5.75 Å². The first-order valence-corrected chi connectivity index (χ1v) is 8.02. The Morgan fingerprint density at radius 2 is 1.80 bits per heavy atom. The van der Waals surface area contributed by atoms with E-state index in [-0.39, 0.29) is 6.04 Å². The Bertz CT molecular complexity index is 406. The lowest BCUT2D eigenvalue weighted by molar-refractivity contribution is 0.303. The van der Waals surface area contributed by atoms with Crippen LogP contribution in [0.5, 0.6) is 5.75 Å². The van der Waals surface area contributed by atoms with Crippen LogP contribution in [0, 0.1) is 5.92 Å². The summed E-state index contributed by atoms with van der Waals surface area (Å²) in [6.45, 7) is 4.28. The van der Waals surface area contributed by atoms with Gasteiger partial charge in [0, 0.05) is 6.04 Å². The molecule has 2 rings (SSSR count). The minimum absolute atomic E-state index is 0.0351. The third-order valence-corrected chi connectivity index (χ3v) is 4.48. The van der Waals surface area contributed by atoms with E-state index in [1.807, 2.05) is 4.68 Å². The number of nitrogens with two attached hydrogens (primary N) is 1. The third kappa shape index (κ3) is 3.35. The van der Waals surface area contributed by atoms with E-state index in [9.17, 15) is 0 Å². The Kier molecular flexibility index (Phi) is 5.46. The molecule has 0 aliphatic heterocycles. The lowest BCUT2D eigenvalue weighted by atomic mass is 9.84. The second-order valence-corrected chi connectivity index (χ2v) is 6.27. The second-order valence-electron chi connectivity index (χ2n) is 6.27. The number of rotatable bonds is 4. The molecule has 1 aliphatic carbocycles. The largest absolute Gasteiger partial charge is 0.493 e. The number of hydrogen-bond donors (Lipinski definition) is 1. The first kappa shape index (κ1) is 15.4. The van der Waals surface area contributed by atoms with Gasteiger partial charge in [-0.2, -0.15) is 5.10 Å². The zero-order chi connectivity index (χ0) is 14.5. The van der Waals surface area contributed by atoms with E-state index in [1.165, 1.54) is 44.9 Å². The van der Waals surface area contributed by atoms with Crippen molar-refractivity contribution in [2.45, 2.75) is 70.9 Å². The molecule has 0 spiro atoms. The van der Waals surface area contributed by atoms with Crippen LogP contribution in [-0.4, -0.2) is 16.9 Å². The summed E-state index contributed by atoms with van der Waals surface area (Å²) in [7, 11) is 1.70. The van der Waals surface area contributed by atoms with Crippen molar-refractivity contribution in [3.05, 3.63) is 11.9 Å². The Labute approximate surface area is 122 Å². The number of hydrogen-bond acceptors (Lipinski definition) is 3. The van der Waals surface area contributed by atoms with Gasteiger partial charge in [0.05, 0.1) is 25.0 Å². The van der Waals surface area contributed by atoms with Crippen molar-refractivity contribution in [2.24, 2.45) is 11.7 Å². The molecule has 1 fully saturated rings. The summed E-state index contributed by atoms with van der Waals surface area (Å²) in [6.07, 6.45) is 11.0. The molecule has 1 saturated carbocycles. The zero-order valence-corrected chi connectivity index (χ0v) is 13.1. The first-order chi connectivity index (χ1) is 9.65. The van der Waals surface area contributed by atoms with E-state index in [4.69, 9.17) is 10.5 Å². The summed E-state index contributed by atoms with van der Waals surface area (Å²) in [5, 5.41) is 4.46. The topological polar surface area (TPSA) is 53.1 Å². The van der Waals surface area contributed by atoms with Crippen LogP contribution >= 0.6 is 0 Å². The highest BCUT2D eigenvalue weighted by Crippen LogP contribution is 2.36. The van der Waals surface area contributed by atoms with E-state index >= 15 is 0 Å². The van der Waals surface area contributed by atoms with Gasteiger partial charge in [0.1, 0.15) is 0 Å². The molecule has 0 bridgehead atoms. The highest BCUT2D eigenvalue weighted by atomic mass is 16.5. The molecule has 0 amide bonds. The van der Waals surface area contributed by atoms with Crippen molar-refractivity contribution < 1.29 is 4.74 Å². The van der Waals surface area contributed by atoms with Crippen LogP contribution in [-0.2, 0) is 0 Å². The van der Waals surface area contributed by atoms with Crippen LogP contribution in [0.4, 0.5) is 0 Å². The standard InChI is InChI=1S/C16H29N3O/c1-12(2)19-16(14(20-3)11-18-19)15(17)13-9-7-5-4-6-8-10-13/h11-13,15H,4-10,17H2,1-3H3. The molecule has 0 saturated heterocycles. The van der Waals surface area contributed by atoms with Gasteiger partial charge in [-0.25, -0.2) is 0 Å². The molecule has 1 heterocycles. The van der Waals surface area contributed by atoms with Crippen molar-refractivity contribution in [1.82, 2.24) is 9.78 Å². The summed E-state index contributed by atoms with van der Waals surface area (Å²) < 4.78 is 7.51. The highest BCUT2D eigenvalue weighted by Gasteiger charge is 2.27. The molecule has 0 aromatic carbocycles. The summed E-state index contributed by atoms with van der Waals surface area (Å²) in [4.78, 5) is 0. The second kappa shape index (κ2) is 7.11. The van der Waals surface area contributed by atoms with Crippen LogP contribution in [0.1, 0.15) is 76.6 Å². The van der Waals surface area contributed by atoms with Gasteiger partial charge in [-0.3, -0.25) is 4.68 Å². The maximum Gasteiger partial charge on any atom is 0.161 e. The zero-order valence-electron chi connectivity index (χ0n) is 13.1. The molecule has 1 aromatic rings. The molecule has 0 radical (unpaired) electrons.